The van der Waals surface area contributed by atoms with E-state index in [1.54, 1.807) is 0 Å². The summed E-state index contributed by atoms with van der Waals surface area (Å²) in [6, 6.07) is 18.9. The second-order valence-corrected chi connectivity index (χ2v) is 6.12. The van der Waals surface area contributed by atoms with Crippen LogP contribution in [0.4, 0.5) is 0 Å². The van der Waals surface area contributed by atoms with E-state index < -0.39 is 6.23 Å². The molecule has 0 aromatic heterocycles. The van der Waals surface area contributed by atoms with Crippen LogP contribution in [0.1, 0.15) is 18.9 Å². The van der Waals surface area contributed by atoms with Gasteiger partial charge in [0, 0.05) is 13.2 Å². The number of rotatable bonds is 6. The molecule has 2 atom stereocenters. The summed E-state index contributed by atoms with van der Waals surface area (Å²) in [5.41, 5.74) is 1.18. The Balaban J connectivity index is 1.93. The quantitative estimate of drug-likeness (QED) is 0.483. The van der Waals surface area contributed by atoms with E-state index in [0.717, 1.165) is 0 Å². The van der Waals surface area contributed by atoms with E-state index in [2.05, 4.69) is 47.8 Å². The van der Waals surface area contributed by atoms with Crippen LogP contribution in [0.25, 0.3) is 21.5 Å². The predicted octanol–water partition coefficient (Wildman–Crippen LogP) is 3.42. The fourth-order valence-electron chi connectivity index (χ4n) is 3.06. The van der Waals surface area contributed by atoms with Crippen LogP contribution in [0.2, 0.25) is 0 Å². The van der Waals surface area contributed by atoms with Gasteiger partial charge in [-0.05, 0) is 45.5 Å². The molecule has 0 radical (unpaired) electrons. The van der Waals surface area contributed by atoms with E-state index in [0.29, 0.717) is 13.0 Å². The number of hydrogen-bond donors (Lipinski definition) is 3. The summed E-state index contributed by atoms with van der Waals surface area (Å²) in [6.07, 6.45) is -0.0282. The first-order chi connectivity index (χ1) is 11.2. The molecule has 2 unspecified atom stereocenters. The molecule has 23 heavy (non-hydrogen) atoms. The Hall–Kier alpha value is -1.94. The monoisotopic (exact) mass is 309 g/mol. The van der Waals surface area contributed by atoms with Crippen LogP contribution in [0, 0.1) is 5.92 Å². The Morgan fingerprint density at radius 3 is 2.35 bits per heavy atom. The molecule has 0 aliphatic carbocycles. The fourth-order valence-corrected chi connectivity index (χ4v) is 3.06. The SMILES string of the molecule is CC(CCO)C(O)NCc1cc2ccccc2c2ccccc12. The van der Waals surface area contributed by atoms with E-state index in [-0.39, 0.29) is 12.5 Å². The molecule has 0 heterocycles. The van der Waals surface area contributed by atoms with Gasteiger partial charge in [0.2, 0.25) is 0 Å². The molecule has 0 aliphatic heterocycles. The number of fused-ring (bicyclic) bond motifs is 3. The highest BCUT2D eigenvalue weighted by Gasteiger charge is 2.14. The van der Waals surface area contributed by atoms with Crippen LogP contribution >= 0.6 is 0 Å². The molecule has 3 N–H and O–H groups in total. The van der Waals surface area contributed by atoms with Crippen LogP contribution in [0.3, 0.4) is 0 Å². The van der Waals surface area contributed by atoms with Crippen molar-refractivity contribution in [2.24, 2.45) is 5.92 Å². The zero-order valence-corrected chi connectivity index (χ0v) is 13.4. The largest absolute Gasteiger partial charge is 0.396 e. The Kier molecular flexibility index (Phi) is 4.91. The average Bonchev–Trinajstić information content (AvgIpc) is 2.59. The Morgan fingerprint density at radius 1 is 0.957 bits per heavy atom. The lowest BCUT2D eigenvalue weighted by Gasteiger charge is -2.20. The first kappa shape index (κ1) is 15.9. The first-order valence-corrected chi connectivity index (χ1v) is 8.12. The van der Waals surface area contributed by atoms with Gasteiger partial charge in [-0.1, -0.05) is 55.5 Å². The van der Waals surface area contributed by atoms with E-state index in [9.17, 15) is 5.11 Å². The molecule has 0 fully saturated rings. The molecular weight excluding hydrogens is 286 g/mol. The van der Waals surface area contributed by atoms with Crippen LogP contribution in [-0.2, 0) is 6.54 Å². The minimum absolute atomic E-state index is 0.0201. The van der Waals surface area contributed by atoms with Crippen molar-refractivity contribution in [1.29, 1.82) is 0 Å². The Bertz CT molecular complexity index is 800. The molecule has 0 saturated heterocycles. The van der Waals surface area contributed by atoms with Gasteiger partial charge >= 0.3 is 0 Å². The predicted molar refractivity (Wildman–Crippen MR) is 95.2 cm³/mol. The molecule has 3 aromatic rings. The molecule has 0 spiro atoms. The first-order valence-electron chi connectivity index (χ1n) is 8.12. The molecule has 3 heteroatoms. The normalized spacial score (nSPS) is 14.2. The summed E-state index contributed by atoms with van der Waals surface area (Å²) in [7, 11) is 0. The van der Waals surface area contributed by atoms with Gasteiger partial charge in [-0.2, -0.15) is 0 Å². The molecule has 3 rings (SSSR count). The minimum atomic E-state index is -0.618. The van der Waals surface area contributed by atoms with Crippen LogP contribution in [0.15, 0.2) is 54.6 Å². The molecular formula is C20H23NO2. The molecule has 0 saturated carbocycles. The maximum Gasteiger partial charge on any atom is 0.107 e. The molecule has 120 valence electrons. The summed E-state index contributed by atoms with van der Waals surface area (Å²) in [5, 5.41) is 27.3. The van der Waals surface area contributed by atoms with Crippen molar-refractivity contribution in [3.63, 3.8) is 0 Å². The third kappa shape index (κ3) is 3.37. The van der Waals surface area contributed by atoms with Crippen molar-refractivity contribution in [3.8, 4) is 0 Å². The number of aliphatic hydroxyl groups excluding tert-OH is 2. The number of benzene rings is 3. The Morgan fingerprint density at radius 2 is 1.61 bits per heavy atom. The van der Waals surface area contributed by atoms with E-state index in [4.69, 9.17) is 5.11 Å². The van der Waals surface area contributed by atoms with Crippen molar-refractivity contribution < 1.29 is 10.2 Å². The highest BCUT2D eigenvalue weighted by atomic mass is 16.3. The lowest BCUT2D eigenvalue weighted by molar-refractivity contribution is 0.0673. The molecule has 0 aliphatic rings. The lowest BCUT2D eigenvalue weighted by atomic mass is 9.97. The van der Waals surface area contributed by atoms with Gasteiger partial charge in [0.05, 0.1) is 0 Å². The molecule has 3 nitrogen and oxygen atoms in total. The Labute approximate surface area is 136 Å². The second kappa shape index (κ2) is 7.09. The van der Waals surface area contributed by atoms with E-state index >= 15 is 0 Å². The summed E-state index contributed by atoms with van der Waals surface area (Å²) < 4.78 is 0. The fraction of sp³-hybridized carbons (Fsp3) is 0.300. The number of aliphatic hydroxyl groups is 2. The van der Waals surface area contributed by atoms with Crippen LogP contribution < -0.4 is 5.32 Å². The van der Waals surface area contributed by atoms with Crippen LogP contribution in [-0.4, -0.2) is 23.0 Å². The number of hydrogen-bond acceptors (Lipinski definition) is 3. The van der Waals surface area contributed by atoms with Crippen molar-refractivity contribution >= 4 is 21.5 Å². The molecule has 0 amide bonds. The molecule has 0 bridgehead atoms. The topological polar surface area (TPSA) is 52.5 Å². The van der Waals surface area contributed by atoms with Gasteiger partial charge in [0.15, 0.2) is 0 Å². The van der Waals surface area contributed by atoms with Gasteiger partial charge in [0.1, 0.15) is 6.23 Å². The van der Waals surface area contributed by atoms with Crippen molar-refractivity contribution in [3.05, 3.63) is 60.2 Å². The van der Waals surface area contributed by atoms with E-state index in [1.165, 1.54) is 27.1 Å². The third-order valence-corrected chi connectivity index (χ3v) is 4.48. The van der Waals surface area contributed by atoms with Gasteiger partial charge in [-0.15, -0.1) is 0 Å². The second-order valence-electron chi connectivity index (χ2n) is 6.12. The van der Waals surface area contributed by atoms with Gasteiger partial charge in [-0.3, -0.25) is 5.32 Å². The third-order valence-electron chi connectivity index (χ3n) is 4.48. The van der Waals surface area contributed by atoms with Crippen molar-refractivity contribution in [1.82, 2.24) is 5.32 Å². The lowest BCUT2D eigenvalue weighted by Crippen LogP contribution is -2.34. The van der Waals surface area contributed by atoms with Crippen molar-refractivity contribution in [2.45, 2.75) is 26.1 Å². The van der Waals surface area contributed by atoms with Gasteiger partial charge in [-0.25, -0.2) is 0 Å². The maximum atomic E-state index is 10.2. The summed E-state index contributed by atoms with van der Waals surface area (Å²) in [6.45, 7) is 2.63. The number of nitrogens with one attached hydrogen (secondary N) is 1. The highest BCUT2D eigenvalue weighted by Crippen LogP contribution is 2.28. The van der Waals surface area contributed by atoms with Crippen LogP contribution in [0.5, 0.6) is 0 Å². The zero-order chi connectivity index (χ0) is 16.2. The zero-order valence-electron chi connectivity index (χ0n) is 13.4. The standard InChI is InChI=1S/C20H23NO2/c1-14(10-11-22)20(23)21-13-16-12-15-6-2-3-7-17(15)19-9-5-4-8-18(16)19/h2-9,12,14,20-23H,10-11,13H2,1H3. The smallest absolute Gasteiger partial charge is 0.107 e. The van der Waals surface area contributed by atoms with Gasteiger partial charge in [0.25, 0.3) is 0 Å². The summed E-state index contributed by atoms with van der Waals surface area (Å²) in [5.74, 6) is 0.0201. The average molecular weight is 309 g/mol. The van der Waals surface area contributed by atoms with Gasteiger partial charge < -0.3 is 10.2 Å². The van der Waals surface area contributed by atoms with Crippen molar-refractivity contribution in [2.75, 3.05) is 6.61 Å². The van der Waals surface area contributed by atoms with E-state index in [1.807, 2.05) is 19.1 Å². The summed E-state index contributed by atoms with van der Waals surface area (Å²) >= 11 is 0. The molecule has 3 aromatic carbocycles. The minimum Gasteiger partial charge on any atom is -0.396 e. The highest BCUT2D eigenvalue weighted by molar-refractivity contribution is 6.08. The summed E-state index contributed by atoms with van der Waals surface area (Å²) in [4.78, 5) is 0. The maximum absolute atomic E-state index is 10.2.